The van der Waals surface area contributed by atoms with Crippen LogP contribution in [0.2, 0.25) is 0 Å². The normalized spacial score (nSPS) is 10.5. The lowest BCUT2D eigenvalue weighted by Gasteiger charge is -2.11. The molecule has 0 aliphatic carbocycles. The van der Waals surface area contributed by atoms with Gasteiger partial charge in [-0.2, -0.15) is 0 Å². The van der Waals surface area contributed by atoms with Crippen LogP contribution < -0.4 is 15.4 Å². The molecule has 0 spiro atoms. The van der Waals surface area contributed by atoms with E-state index in [9.17, 15) is 4.79 Å². The Bertz CT molecular complexity index is 391. The van der Waals surface area contributed by atoms with Gasteiger partial charge in [0.1, 0.15) is 5.75 Å². The number of carbonyl (C=O) groups excluding carboxylic acids is 1. The van der Waals surface area contributed by atoms with Crippen LogP contribution in [0.25, 0.3) is 0 Å². The van der Waals surface area contributed by atoms with E-state index in [1.165, 1.54) is 0 Å². The van der Waals surface area contributed by atoms with Crippen LogP contribution in [0.15, 0.2) is 24.3 Å². The van der Waals surface area contributed by atoms with E-state index >= 15 is 0 Å². The van der Waals surface area contributed by atoms with E-state index < -0.39 is 0 Å². The average Bonchev–Trinajstić information content (AvgIpc) is 2.38. The highest BCUT2D eigenvalue weighted by molar-refractivity contribution is 5.94. The Morgan fingerprint density at radius 3 is 2.79 bits per heavy atom. The minimum atomic E-state index is -0.0503. The topological polar surface area (TPSA) is 50.4 Å². The fourth-order valence-corrected chi connectivity index (χ4v) is 1.68. The van der Waals surface area contributed by atoms with Gasteiger partial charge in [0.05, 0.1) is 6.10 Å². The zero-order valence-electron chi connectivity index (χ0n) is 12.0. The standard InChI is InChI=1S/C15H24N2O2/c1-4-16-9-6-10-17-15(18)13-7-5-8-14(11-13)19-12(2)3/h5,7-8,11-12,16H,4,6,9-10H2,1-3H3,(H,17,18). The molecular formula is C15H24N2O2. The maximum Gasteiger partial charge on any atom is 0.251 e. The maximum atomic E-state index is 11.9. The molecule has 0 aliphatic rings. The van der Waals surface area contributed by atoms with Gasteiger partial charge >= 0.3 is 0 Å². The van der Waals surface area contributed by atoms with Gasteiger partial charge < -0.3 is 15.4 Å². The monoisotopic (exact) mass is 264 g/mol. The number of ether oxygens (including phenoxy) is 1. The fourth-order valence-electron chi connectivity index (χ4n) is 1.68. The van der Waals surface area contributed by atoms with E-state index in [1.54, 1.807) is 12.1 Å². The molecule has 1 amide bonds. The van der Waals surface area contributed by atoms with Gasteiger partial charge in [-0.15, -0.1) is 0 Å². The summed E-state index contributed by atoms with van der Waals surface area (Å²) in [5.74, 6) is 0.681. The minimum Gasteiger partial charge on any atom is -0.491 e. The van der Waals surface area contributed by atoms with E-state index in [2.05, 4.69) is 17.6 Å². The predicted molar refractivity (Wildman–Crippen MR) is 77.7 cm³/mol. The second-order valence-corrected chi connectivity index (χ2v) is 4.66. The van der Waals surface area contributed by atoms with Crippen LogP contribution in [0, 0.1) is 0 Å². The Morgan fingerprint density at radius 2 is 2.11 bits per heavy atom. The third-order valence-corrected chi connectivity index (χ3v) is 2.53. The molecule has 1 aromatic carbocycles. The molecule has 0 saturated carbocycles. The number of benzene rings is 1. The van der Waals surface area contributed by atoms with Crippen molar-refractivity contribution < 1.29 is 9.53 Å². The Hall–Kier alpha value is -1.55. The Morgan fingerprint density at radius 1 is 1.32 bits per heavy atom. The molecule has 4 nitrogen and oxygen atoms in total. The first kappa shape index (κ1) is 15.5. The summed E-state index contributed by atoms with van der Waals surface area (Å²) in [5, 5.41) is 6.13. The lowest BCUT2D eigenvalue weighted by molar-refractivity contribution is 0.0952. The number of amides is 1. The zero-order valence-corrected chi connectivity index (χ0v) is 12.0. The van der Waals surface area contributed by atoms with Crippen LogP contribution in [0.3, 0.4) is 0 Å². The third kappa shape index (κ3) is 6.25. The van der Waals surface area contributed by atoms with E-state index in [0.717, 1.165) is 25.3 Å². The van der Waals surface area contributed by atoms with Crippen LogP contribution in [-0.2, 0) is 0 Å². The van der Waals surface area contributed by atoms with Crippen molar-refractivity contribution in [3.63, 3.8) is 0 Å². The summed E-state index contributed by atoms with van der Waals surface area (Å²) in [6.07, 6.45) is 1.04. The first-order chi connectivity index (χ1) is 9.13. The maximum absolute atomic E-state index is 11.9. The van der Waals surface area contributed by atoms with Crippen LogP contribution in [0.1, 0.15) is 37.6 Å². The van der Waals surface area contributed by atoms with Crippen LogP contribution in [0.4, 0.5) is 0 Å². The number of hydrogen-bond acceptors (Lipinski definition) is 3. The van der Waals surface area contributed by atoms with Gasteiger partial charge in [-0.1, -0.05) is 13.0 Å². The third-order valence-electron chi connectivity index (χ3n) is 2.53. The first-order valence-corrected chi connectivity index (χ1v) is 6.89. The largest absolute Gasteiger partial charge is 0.491 e. The molecule has 0 unspecified atom stereocenters. The van der Waals surface area contributed by atoms with Gasteiger partial charge in [0.15, 0.2) is 0 Å². The Labute approximate surface area is 115 Å². The summed E-state index contributed by atoms with van der Waals surface area (Å²) in [6, 6.07) is 7.28. The van der Waals surface area contributed by atoms with Gasteiger partial charge in [0, 0.05) is 12.1 Å². The van der Waals surface area contributed by atoms with E-state index in [0.29, 0.717) is 12.1 Å². The number of rotatable bonds is 8. The molecule has 19 heavy (non-hydrogen) atoms. The highest BCUT2D eigenvalue weighted by atomic mass is 16.5. The quantitative estimate of drug-likeness (QED) is 0.708. The van der Waals surface area contributed by atoms with Gasteiger partial charge in [-0.05, 0) is 51.6 Å². The van der Waals surface area contributed by atoms with E-state index in [4.69, 9.17) is 4.74 Å². The Balaban J connectivity index is 2.43. The smallest absolute Gasteiger partial charge is 0.251 e. The molecule has 4 heteroatoms. The molecule has 1 rings (SSSR count). The van der Waals surface area contributed by atoms with E-state index in [-0.39, 0.29) is 12.0 Å². The molecule has 0 bridgehead atoms. The minimum absolute atomic E-state index is 0.0503. The summed E-state index contributed by atoms with van der Waals surface area (Å²) in [7, 11) is 0. The van der Waals surface area contributed by atoms with Crippen molar-refractivity contribution in [3.05, 3.63) is 29.8 Å². The molecule has 1 aromatic rings. The number of carbonyl (C=O) groups is 1. The lowest BCUT2D eigenvalue weighted by Crippen LogP contribution is -2.27. The van der Waals surface area contributed by atoms with Crippen LogP contribution >= 0.6 is 0 Å². The molecule has 0 aliphatic heterocycles. The second-order valence-electron chi connectivity index (χ2n) is 4.66. The molecule has 106 valence electrons. The Kier molecular flexibility index (Phi) is 6.97. The van der Waals surface area contributed by atoms with Crippen molar-refractivity contribution in [2.75, 3.05) is 19.6 Å². The van der Waals surface area contributed by atoms with Crippen LogP contribution in [-0.4, -0.2) is 31.6 Å². The van der Waals surface area contributed by atoms with Crippen molar-refractivity contribution in [1.82, 2.24) is 10.6 Å². The molecule has 0 aromatic heterocycles. The summed E-state index contributed by atoms with van der Waals surface area (Å²) < 4.78 is 5.57. The van der Waals surface area contributed by atoms with Crippen molar-refractivity contribution in [3.8, 4) is 5.75 Å². The van der Waals surface area contributed by atoms with Gasteiger partial charge in [-0.25, -0.2) is 0 Å². The summed E-state index contributed by atoms with van der Waals surface area (Å²) in [6.45, 7) is 8.57. The fraction of sp³-hybridized carbons (Fsp3) is 0.533. The van der Waals surface area contributed by atoms with Gasteiger partial charge in [-0.3, -0.25) is 4.79 Å². The first-order valence-electron chi connectivity index (χ1n) is 6.89. The van der Waals surface area contributed by atoms with Gasteiger partial charge in [0.2, 0.25) is 0 Å². The lowest BCUT2D eigenvalue weighted by atomic mass is 10.2. The summed E-state index contributed by atoms with van der Waals surface area (Å²) in [4.78, 5) is 11.9. The van der Waals surface area contributed by atoms with Gasteiger partial charge in [0.25, 0.3) is 5.91 Å². The van der Waals surface area contributed by atoms with Crippen molar-refractivity contribution >= 4 is 5.91 Å². The summed E-state index contributed by atoms with van der Waals surface area (Å²) >= 11 is 0. The van der Waals surface area contributed by atoms with Crippen LogP contribution in [0.5, 0.6) is 5.75 Å². The molecule has 0 radical (unpaired) electrons. The van der Waals surface area contributed by atoms with Crippen molar-refractivity contribution in [2.45, 2.75) is 33.3 Å². The van der Waals surface area contributed by atoms with Crippen molar-refractivity contribution in [2.24, 2.45) is 0 Å². The highest BCUT2D eigenvalue weighted by Gasteiger charge is 2.06. The van der Waals surface area contributed by atoms with Crippen molar-refractivity contribution in [1.29, 1.82) is 0 Å². The molecule has 0 saturated heterocycles. The summed E-state index contributed by atoms with van der Waals surface area (Å²) in [5.41, 5.74) is 0.640. The predicted octanol–water partition coefficient (Wildman–Crippen LogP) is 2.20. The SMILES string of the molecule is CCNCCCNC(=O)c1cccc(OC(C)C)c1. The molecule has 0 fully saturated rings. The zero-order chi connectivity index (χ0) is 14.1. The number of nitrogens with one attached hydrogen (secondary N) is 2. The molecular weight excluding hydrogens is 240 g/mol. The van der Waals surface area contributed by atoms with E-state index in [1.807, 2.05) is 26.0 Å². The molecule has 0 heterocycles. The molecule has 2 N–H and O–H groups in total. The molecule has 0 atom stereocenters. The highest BCUT2D eigenvalue weighted by Crippen LogP contribution is 2.14. The number of hydrogen-bond donors (Lipinski definition) is 2. The second kappa shape index (κ2) is 8.53. The average molecular weight is 264 g/mol.